The van der Waals surface area contributed by atoms with E-state index in [1.807, 2.05) is 84.9 Å². The van der Waals surface area contributed by atoms with Crippen molar-refractivity contribution in [2.24, 2.45) is 0 Å². The molecule has 4 aromatic rings. The van der Waals surface area contributed by atoms with E-state index in [1.165, 1.54) is 17.8 Å². The molecule has 0 aromatic heterocycles. The van der Waals surface area contributed by atoms with Gasteiger partial charge in [-0.1, -0.05) is 0 Å². The minimum atomic E-state index is -3.79. The van der Waals surface area contributed by atoms with Gasteiger partial charge >= 0.3 is 212 Å². The molecule has 0 saturated heterocycles. The van der Waals surface area contributed by atoms with E-state index in [4.69, 9.17) is 4.74 Å². The normalized spacial score (nSPS) is 11.9. The molecular formula is C30H29NO3Sn. The van der Waals surface area contributed by atoms with Crippen LogP contribution in [-0.4, -0.2) is 43.4 Å². The van der Waals surface area contributed by atoms with Crippen molar-refractivity contribution < 1.29 is 14.3 Å². The number of esters is 1. The van der Waals surface area contributed by atoms with Gasteiger partial charge in [0.25, 0.3) is 0 Å². The van der Waals surface area contributed by atoms with E-state index in [2.05, 4.69) is 41.7 Å². The van der Waals surface area contributed by atoms with Gasteiger partial charge in [0.05, 0.1) is 0 Å². The van der Waals surface area contributed by atoms with Crippen LogP contribution in [-0.2, 0) is 20.7 Å². The second-order valence-electron chi connectivity index (χ2n) is 8.51. The van der Waals surface area contributed by atoms with E-state index in [-0.39, 0.29) is 12.3 Å². The monoisotopic (exact) mass is 571 g/mol. The van der Waals surface area contributed by atoms with E-state index in [0.717, 1.165) is 5.56 Å². The standard InChI is InChI=1S/C12H14NO3.3C6H5.Sn/c1-9(12(15)16-2)13-11(14)8-10-6-4-3-5-7-10;3*1-2-4-6-5-3-1;/h3-7,9H,1,8H2,2H3,(H,13,14);3*1-5H;. The zero-order valence-corrected chi connectivity index (χ0v) is 22.6. The Kier molecular flexibility index (Phi) is 8.37. The molecule has 0 spiro atoms. The number of benzene rings is 4. The van der Waals surface area contributed by atoms with Crippen LogP contribution in [0.2, 0.25) is 4.44 Å². The Morgan fingerprint density at radius 3 is 1.49 bits per heavy atom. The van der Waals surface area contributed by atoms with Gasteiger partial charge in [-0.2, -0.15) is 0 Å². The predicted molar refractivity (Wildman–Crippen MR) is 143 cm³/mol. The second kappa shape index (κ2) is 11.8. The van der Waals surface area contributed by atoms with Crippen molar-refractivity contribution in [1.82, 2.24) is 5.32 Å². The van der Waals surface area contributed by atoms with E-state index in [0.29, 0.717) is 4.44 Å². The van der Waals surface area contributed by atoms with E-state index >= 15 is 0 Å². The summed E-state index contributed by atoms with van der Waals surface area (Å²) in [6.07, 6.45) is 0.207. The topological polar surface area (TPSA) is 55.4 Å². The molecule has 35 heavy (non-hydrogen) atoms. The second-order valence-corrected chi connectivity index (χ2v) is 19.8. The van der Waals surface area contributed by atoms with E-state index < -0.39 is 30.4 Å². The Bertz CT molecular complexity index is 1140. The Hall–Kier alpha value is -3.38. The van der Waals surface area contributed by atoms with Crippen molar-refractivity contribution in [2.75, 3.05) is 7.11 Å². The van der Waals surface area contributed by atoms with Crippen molar-refractivity contribution in [3.63, 3.8) is 0 Å². The van der Waals surface area contributed by atoms with Crippen molar-refractivity contribution in [3.05, 3.63) is 127 Å². The summed E-state index contributed by atoms with van der Waals surface area (Å²) >= 11 is -3.79. The fourth-order valence-electron chi connectivity index (χ4n) is 4.69. The first-order chi connectivity index (χ1) is 17.1. The minimum absolute atomic E-state index is 0.194. The molecule has 0 aliphatic heterocycles. The van der Waals surface area contributed by atoms with Crippen LogP contribution in [0.4, 0.5) is 0 Å². The van der Waals surface area contributed by atoms with Crippen LogP contribution in [0.5, 0.6) is 0 Å². The number of ether oxygens (including phenoxy) is 1. The molecule has 1 atom stereocenters. The van der Waals surface area contributed by atoms with Crippen LogP contribution in [0.25, 0.3) is 0 Å². The molecule has 0 bridgehead atoms. The summed E-state index contributed by atoms with van der Waals surface area (Å²) in [5, 5.41) is 3.02. The molecule has 1 unspecified atom stereocenters. The summed E-state index contributed by atoms with van der Waals surface area (Å²) in [6.45, 7) is 0. The third-order valence-corrected chi connectivity index (χ3v) is 20.5. The first kappa shape index (κ1) is 24.7. The number of hydrogen-bond acceptors (Lipinski definition) is 3. The third-order valence-electron chi connectivity index (χ3n) is 6.34. The Morgan fingerprint density at radius 2 is 1.09 bits per heavy atom. The number of amides is 1. The van der Waals surface area contributed by atoms with E-state index in [1.54, 1.807) is 0 Å². The van der Waals surface area contributed by atoms with Crippen molar-refractivity contribution >= 4 is 41.0 Å². The van der Waals surface area contributed by atoms with Crippen LogP contribution in [0.3, 0.4) is 0 Å². The Labute approximate surface area is 210 Å². The molecule has 0 saturated carbocycles. The number of methoxy groups -OCH3 is 1. The van der Waals surface area contributed by atoms with Crippen molar-refractivity contribution in [2.45, 2.75) is 16.9 Å². The van der Waals surface area contributed by atoms with Gasteiger partial charge in [-0.05, 0) is 0 Å². The summed E-state index contributed by atoms with van der Waals surface area (Å²) in [4.78, 5) is 26.1. The third kappa shape index (κ3) is 5.82. The number of carbonyl (C=O) groups is 2. The van der Waals surface area contributed by atoms with Gasteiger partial charge in [0.15, 0.2) is 0 Å². The van der Waals surface area contributed by atoms with Crippen molar-refractivity contribution in [3.8, 4) is 0 Å². The SMILES string of the molecule is COC(=O)C([CH2][Sn]([c]1ccccc1)([c]1ccccc1)[c]1ccccc1)NC(=O)Cc1ccccc1. The number of nitrogens with one attached hydrogen (secondary N) is 1. The Morgan fingerprint density at radius 1 is 0.686 bits per heavy atom. The van der Waals surface area contributed by atoms with Crippen molar-refractivity contribution in [1.29, 1.82) is 0 Å². The maximum atomic E-state index is 13.1. The molecule has 0 aliphatic carbocycles. The summed E-state index contributed by atoms with van der Waals surface area (Å²) < 4.78 is 9.43. The number of carbonyl (C=O) groups excluding carboxylic acids is 2. The average Bonchev–Trinajstić information content (AvgIpc) is 2.92. The maximum absolute atomic E-state index is 13.1. The molecule has 4 aromatic carbocycles. The molecule has 0 radical (unpaired) electrons. The van der Waals surface area contributed by atoms with Gasteiger partial charge in [-0.25, -0.2) is 0 Å². The van der Waals surface area contributed by atoms with Crippen LogP contribution in [0, 0.1) is 0 Å². The molecule has 0 fully saturated rings. The van der Waals surface area contributed by atoms with Gasteiger partial charge < -0.3 is 0 Å². The molecule has 1 N–H and O–H groups in total. The summed E-state index contributed by atoms with van der Waals surface area (Å²) in [5.41, 5.74) is 0.901. The predicted octanol–water partition coefficient (Wildman–Crippen LogP) is 3.06. The fourth-order valence-corrected chi connectivity index (χ4v) is 18.6. The van der Waals surface area contributed by atoms with Gasteiger partial charge in [0.1, 0.15) is 0 Å². The molecule has 4 rings (SSSR count). The summed E-state index contributed by atoms with van der Waals surface area (Å²) in [6, 6.07) is 40.1. The molecule has 176 valence electrons. The number of rotatable bonds is 9. The molecule has 5 heteroatoms. The van der Waals surface area contributed by atoms with Gasteiger partial charge in [0.2, 0.25) is 0 Å². The quantitative estimate of drug-likeness (QED) is 0.249. The summed E-state index contributed by atoms with van der Waals surface area (Å²) in [5.74, 6) is -0.615. The van der Waals surface area contributed by atoms with Crippen LogP contribution >= 0.6 is 0 Å². The van der Waals surface area contributed by atoms with E-state index in [9.17, 15) is 9.59 Å². The van der Waals surface area contributed by atoms with Gasteiger partial charge in [0, 0.05) is 0 Å². The van der Waals surface area contributed by atoms with Crippen LogP contribution in [0.15, 0.2) is 121 Å². The molecule has 0 heterocycles. The first-order valence-electron chi connectivity index (χ1n) is 11.7. The molecule has 0 aliphatic rings. The average molecular weight is 570 g/mol. The first-order valence-corrected chi connectivity index (χ1v) is 18.0. The summed E-state index contributed by atoms with van der Waals surface area (Å²) in [7, 11) is 1.38. The zero-order chi connectivity index (χ0) is 24.5. The molecular weight excluding hydrogens is 541 g/mol. The fraction of sp³-hybridized carbons (Fsp3) is 0.133. The zero-order valence-electron chi connectivity index (χ0n) is 19.8. The molecule has 1 amide bonds. The number of hydrogen-bond donors (Lipinski definition) is 1. The Balaban J connectivity index is 1.79. The van der Waals surface area contributed by atoms with Gasteiger partial charge in [-0.15, -0.1) is 0 Å². The van der Waals surface area contributed by atoms with Crippen LogP contribution in [0.1, 0.15) is 5.56 Å². The molecule has 4 nitrogen and oxygen atoms in total. The van der Waals surface area contributed by atoms with Gasteiger partial charge in [-0.3, -0.25) is 0 Å². The van der Waals surface area contributed by atoms with Crippen LogP contribution < -0.4 is 16.1 Å².